The quantitative estimate of drug-likeness (QED) is 0.736. The molecule has 3 aromatic heterocycles. The highest BCUT2D eigenvalue weighted by Gasteiger charge is 2.11. The standard InChI is InChI=1S/C16H16N6O2/c1-21-8-2-3-12(16(21)24)15(23)20-7-10-22-9-6-19-14(22)13-11-17-4-5-18-13/h2-6,8-9,11H,7,10H2,1H3,(H,20,23). The minimum Gasteiger partial charge on any atom is -0.350 e. The lowest BCUT2D eigenvalue weighted by Gasteiger charge is -2.09. The summed E-state index contributed by atoms with van der Waals surface area (Å²) in [4.78, 5) is 36.5. The molecule has 0 atom stereocenters. The lowest BCUT2D eigenvalue weighted by molar-refractivity contribution is 0.0950. The molecule has 0 radical (unpaired) electrons. The second kappa shape index (κ2) is 6.86. The van der Waals surface area contributed by atoms with Crippen molar-refractivity contribution in [2.24, 2.45) is 7.05 Å². The zero-order chi connectivity index (χ0) is 16.9. The fourth-order valence-corrected chi connectivity index (χ4v) is 2.29. The number of nitrogens with zero attached hydrogens (tertiary/aromatic N) is 5. The molecule has 0 fully saturated rings. The molecule has 3 aromatic rings. The number of imidazole rings is 1. The van der Waals surface area contributed by atoms with Crippen molar-refractivity contribution >= 4 is 5.91 Å². The van der Waals surface area contributed by atoms with E-state index in [2.05, 4.69) is 20.3 Å². The number of pyridine rings is 1. The highest BCUT2D eigenvalue weighted by atomic mass is 16.2. The molecule has 0 aliphatic rings. The Balaban J connectivity index is 1.66. The molecule has 0 saturated heterocycles. The maximum Gasteiger partial charge on any atom is 0.263 e. The summed E-state index contributed by atoms with van der Waals surface area (Å²) in [6.07, 6.45) is 9.90. The van der Waals surface area contributed by atoms with E-state index in [-0.39, 0.29) is 11.1 Å². The Labute approximate surface area is 137 Å². The van der Waals surface area contributed by atoms with Crippen molar-refractivity contribution in [3.05, 3.63) is 65.2 Å². The number of rotatable bonds is 5. The van der Waals surface area contributed by atoms with E-state index >= 15 is 0 Å². The van der Waals surface area contributed by atoms with Gasteiger partial charge in [-0.1, -0.05) is 0 Å². The molecular weight excluding hydrogens is 308 g/mol. The van der Waals surface area contributed by atoms with Crippen molar-refractivity contribution in [3.8, 4) is 11.5 Å². The van der Waals surface area contributed by atoms with Crippen LogP contribution in [0, 0.1) is 0 Å². The summed E-state index contributed by atoms with van der Waals surface area (Å²) in [5.74, 6) is 0.283. The van der Waals surface area contributed by atoms with Crippen LogP contribution in [0.2, 0.25) is 0 Å². The van der Waals surface area contributed by atoms with E-state index in [9.17, 15) is 9.59 Å². The number of hydrogen-bond donors (Lipinski definition) is 1. The number of amides is 1. The summed E-state index contributed by atoms with van der Waals surface area (Å²) < 4.78 is 3.24. The maximum atomic E-state index is 12.1. The Hall–Kier alpha value is -3.29. The van der Waals surface area contributed by atoms with Crippen LogP contribution in [0.3, 0.4) is 0 Å². The van der Waals surface area contributed by atoms with Gasteiger partial charge in [0.1, 0.15) is 11.3 Å². The maximum absolute atomic E-state index is 12.1. The summed E-state index contributed by atoms with van der Waals surface area (Å²) in [5.41, 5.74) is 0.461. The van der Waals surface area contributed by atoms with Crippen molar-refractivity contribution in [2.45, 2.75) is 6.54 Å². The van der Waals surface area contributed by atoms with Crippen LogP contribution < -0.4 is 10.9 Å². The van der Waals surface area contributed by atoms with Crippen molar-refractivity contribution in [2.75, 3.05) is 6.54 Å². The minimum atomic E-state index is -0.391. The lowest BCUT2D eigenvalue weighted by Crippen LogP contribution is -2.33. The first-order chi connectivity index (χ1) is 11.7. The second-order valence-corrected chi connectivity index (χ2v) is 5.13. The van der Waals surface area contributed by atoms with E-state index in [4.69, 9.17) is 0 Å². The van der Waals surface area contributed by atoms with Gasteiger partial charge in [-0.15, -0.1) is 0 Å². The lowest BCUT2D eigenvalue weighted by atomic mass is 10.2. The third kappa shape index (κ3) is 3.22. The largest absolute Gasteiger partial charge is 0.350 e. The van der Waals surface area contributed by atoms with Crippen molar-refractivity contribution in [1.29, 1.82) is 0 Å². The highest BCUT2D eigenvalue weighted by molar-refractivity contribution is 5.93. The van der Waals surface area contributed by atoms with Crippen LogP contribution >= 0.6 is 0 Å². The molecular formula is C16H16N6O2. The number of hydrogen-bond acceptors (Lipinski definition) is 5. The van der Waals surface area contributed by atoms with Gasteiger partial charge in [0, 0.05) is 51.1 Å². The number of aryl methyl sites for hydroxylation is 1. The van der Waals surface area contributed by atoms with E-state index in [1.54, 1.807) is 50.3 Å². The molecule has 122 valence electrons. The van der Waals surface area contributed by atoms with Gasteiger partial charge in [0.2, 0.25) is 0 Å². The Bertz CT molecular complexity index is 900. The Morgan fingerprint density at radius 1 is 1.21 bits per heavy atom. The Kier molecular flexibility index (Phi) is 4.46. The van der Waals surface area contributed by atoms with Crippen LogP contribution in [-0.2, 0) is 13.6 Å². The summed E-state index contributed by atoms with van der Waals surface area (Å²) in [6, 6.07) is 3.18. The Morgan fingerprint density at radius 2 is 2.08 bits per heavy atom. The van der Waals surface area contributed by atoms with Crippen molar-refractivity contribution in [3.63, 3.8) is 0 Å². The van der Waals surface area contributed by atoms with Gasteiger partial charge in [-0.3, -0.25) is 14.6 Å². The number of aromatic nitrogens is 5. The summed E-state index contributed by atoms with van der Waals surface area (Å²) in [5, 5.41) is 2.75. The summed E-state index contributed by atoms with van der Waals surface area (Å²) in [6.45, 7) is 0.866. The molecule has 0 spiro atoms. The molecule has 0 aromatic carbocycles. The fraction of sp³-hybridized carbons (Fsp3) is 0.188. The van der Waals surface area contributed by atoms with Gasteiger partial charge in [0.05, 0.1) is 6.20 Å². The molecule has 8 nitrogen and oxygen atoms in total. The molecule has 3 rings (SSSR count). The van der Waals surface area contributed by atoms with E-state index in [0.29, 0.717) is 24.6 Å². The van der Waals surface area contributed by atoms with Gasteiger partial charge in [-0.2, -0.15) is 0 Å². The highest BCUT2D eigenvalue weighted by Crippen LogP contribution is 2.12. The normalized spacial score (nSPS) is 10.5. The van der Waals surface area contributed by atoms with Gasteiger partial charge >= 0.3 is 0 Å². The predicted octanol–water partition coefficient (Wildman–Crippen LogP) is 0.469. The monoisotopic (exact) mass is 324 g/mol. The second-order valence-electron chi connectivity index (χ2n) is 5.13. The summed E-state index contributed by atoms with van der Waals surface area (Å²) in [7, 11) is 1.61. The van der Waals surface area contributed by atoms with Gasteiger partial charge in [-0.25, -0.2) is 9.97 Å². The van der Waals surface area contributed by atoms with Crippen molar-refractivity contribution in [1.82, 2.24) is 29.4 Å². The molecule has 8 heteroatoms. The number of carbonyl (C=O) groups excluding carboxylic acids is 1. The van der Waals surface area contributed by atoms with E-state index in [0.717, 1.165) is 0 Å². The first-order valence-corrected chi connectivity index (χ1v) is 7.38. The first-order valence-electron chi connectivity index (χ1n) is 7.38. The van der Waals surface area contributed by atoms with Crippen LogP contribution in [0.5, 0.6) is 0 Å². The predicted molar refractivity (Wildman–Crippen MR) is 87.3 cm³/mol. The third-order valence-corrected chi connectivity index (χ3v) is 3.51. The average molecular weight is 324 g/mol. The van der Waals surface area contributed by atoms with Gasteiger partial charge in [0.15, 0.2) is 5.82 Å². The number of nitrogens with one attached hydrogen (secondary N) is 1. The topological polar surface area (TPSA) is 94.7 Å². The average Bonchev–Trinajstić information content (AvgIpc) is 3.06. The number of carbonyl (C=O) groups is 1. The zero-order valence-corrected chi connectivity index (χ0v) is 13.1. The molecule has 0 aliphatic heterocycles. The molecule has 24 heavy (non-hydrogen) atoms. The van der Waals surface area contributed by atoms with Gasteiger partial charge < -0.3 is 14.5 Å². The zero-order valence-electron chi connectivity index (χ0n) is 13.1. The van der Waals surface area contributed by atoms with Crippen LogP contribution in [-0.4, -0.2) is 36.5 Å². The Morgan fingerprint density at radius 3 is 2.88 bits per heavy atom. The van der Waals surface area contributed by atoms with Crippen LogP contribution in [0.15, 0.2) is 54.1 Å². The minimum absolute atomic E-state index is 0.125. The van der Waals surface area contributed by atoms with Crippen LogP contribution in [0.1, 0.15) is 10.4 Å². The van der Waals surface area contributed by atoms with E-state index in [1.165, 1.54) is 10.6 Å². The molecule has 0 saturated carbocycles. The van der Waals surface area contributed by atoms with Crippen LogP contribution in [0.25, 0.3) is 11.5 Å². The molecule has 0 aliphatic carbocycles. The molecule has 1 N–H and O–H groups in total. The van der Waals surface area contributed by atoms with Crippen LogP contribution in [0.4, 0.5) is 0 Å². The smallest absolute Gasteiger partial charge is 0.263 e. The molecule has 1 amide bonds. The molecule has 0 bridgehead atoms. The van der Waals surface area contributed by atoms with E-state index in [1.807, 2.05) is 4.57 Å². The van der Waals surface area contributed by atoms with Gasteiger partial charge in [0.25, 0.3) is 11.5 Å². The SMILES string of the molecule is Cn1cccc(C(=O)NCCn2ccnc2-c2cnccn2)c1=O. The third-order valence-electron chi connectivity index (χ3n) is 3.51. The molecule has 0 unspecified atom stereocenters. The summed E-state index contributed by atoms with van der Waals surface area (Å²) >= 11 is 0. The van der Waals surface area contributed by atoms with E-state index < -0.39 is 5.91 Å². The van der Waals surface area contributed by atoms with Crippen molar-refractivity contribution < 1.29 is 4.79 Å². The first kappa shape index (κ1) is 15.6. The fourth-order valence-electron chi connectivity index (χ4n) is 2.29. The van der Waals surface area contributed by atoms with Gasteiger partial charge in [-0.05, 0) is 12.1 Å². The molecule has 3 heterocycles.